The average molecular weight is 507 g/mol. The minimum atomic E-state index is -1.53. The number of rotatable bonds is 7. The average Bonchev–Trinajstić information content (AvgIpc) is 2.87. The number of hydrogen-bond acceptors (Lipinski definition) is 0. The van der Waals surface area contributed by atoms with Crippen LogP contribution in [0.2, 0.25) is 0 Å². The molecule has 0 bridgehead atoms. The maximum atomic E-state index is 12.4. The summed E-state index contributed by atoms with van der Waals surface area (Å²) in [5, 5.41) is 0. The van der Waals surface area contributed by atoms with Crippen LogP contribution in [0.1, 0.15) is 112 Å². The second-order valence-electron chi connectivity index (χ2n) is 11.9. The van der Waals surface area contributed by atoms with E-state index in [1.54, 1.807) is 0 Å². The molecule has 2 aromatic carbocycles. The van der Waals surface area contributed by atoms with Crippen LogP contribution in [0.25, 0.3) is 11.6 Å². The van der Waals surface area contributed by atoms with Crippen molar-refractivity contribution in [1.82, 2.24) is 0 Å². The monoisotopic (exact) mass is 506 g/mol. The summed E-state index contributed by atoms with van der Waals surface area (Å²) in [6, 6.07) is 0. The largest absolute Gasteiger partial charge is 0.266 e. The molecule has 0 amide bonds. The van der Waals surface area contributed by atoms with Crippen molar-refractivity contribution in [2.75, 3.05) is 0 Å². The Morgan fingerprint density at radius 3 is 1.59 bits per heavy atom. The third-order valence-electron chi connectivity index (χ3n) is 9.97. The van der Waals surface area contributed by atoms with Crippen molar-refractivity contribution in [2.45, 2.75) is 114 Å². The molecule has 0 unspecified atom stereocenters. The Labute approximate surface area is 225 Å². The molecule has 0 radical (unpaired) electrons. The molecular weight excluding hydrogens is 458 g/mol. The van der Waals surface area contributed by atoms with E-state index < -0.39 is 6.08 Å². The van der Waals surface area contributed by atoms with Gasteiger partial charge in [-0.25, -0.2) is 0 Å². The third-order valence-corrected chi connectivity index (χ3v) is 9.97. The maximum Gasteiger partial charge on any atom is 0.266 e. The lowest BCUT2D eigenvalue weighted by atomic mass is 9.77. The van der Waals surface area contributed by atoms with Crippen LogP contribution in [-0.4, -0.2) is 0 Å². The fraction of sp³-hybridized carbons (Fsp3) is 0.543. The van der Waals surface area contributed by atoms with E-state index in [9.17, 15) is 8.78 Å². The molecule has 2 aromatic rings. The highest BCUT2D eigenvalue weighted by molar-refractivity contribution is 5.86. The molecule has 1 aliphatic carbocycles. The molecular formula is C35H48F2. The molecule has 202 valence electrons. The second kappa shape index (κ2) is 12.1. The highest BCUT2D eigenvalue weighted by atomic mass is 19.3. The van der Waals surface area contributed by atoms with Gasteiger partial charge < -0.3 is 0 Å². The third kappa shape index (κ3) is 6.27. The van der Waals surface area contributed by atoms with Crippen molar-refractivity contribution in [3.05, 3.63) is 78.9 Å². The molecule has 0 N–H and O–H groups in total. The first-order valence-corrected chi connectivity index (χ1v) is 14.2. The zero-order valence-corrected chi connectivity index (χ0v) is 25.0. The molecule has 0 aliphatic heterocycles. The van der Waals surface area contributed by atoms with Crippen molar-refractivity contribution in [3.63, 3.8) is 0 Å². The van der Waals surface area contributed by atoms with Gasteiger partial charge >= 0.3 is 0 Å². The van der Waals surface area contributed by atoms with Crippen molar-refractivity contribution in [2.24, 2.45) is 11.8 Å². The van der Waals surface area contributed by atoms with Crippen molar-refractivity contribution in [3.8, 4) is 0 Å². The van der Waals surface area contributed by atoms with E-state index in [1.807, 2.05) is 0 Å². The van der Waals surface area contributed by atoms with Gasteiger partial charge in [-0.1, -0.05) is 18.9 Å². The van der Waals surface area contributed by atoms with Gasteiger partial charge in [0, 0.05) is 0 Å². The van der Waals surface area contributed by atoms with Gasteiger partial charge in [0.15, 0.2) is 0 Å². The summed E-state index contributed by atoms with van der Waals surface area (Å²) < 4.78 is 24.9. The van der Waals surface area contributed by atoms with Crippen LogP contribution in [0.4, 0.5) is 8.78 Å². The highest BCUT2D eigenvalue weighted by Gasteiger charge is 2.22. The fourth-order valence-electron chi connectivity index (χ4n) is 6.75. The van der Waals surface area contributed by atoms with E-state index in [1.165, 1.54) is 91.6 Å². The highest BCUT2D eigenvalue weighted by Crippen LogP contribution is 2.37. The summed E-state index contributed by atoms with van der Waals surface area (Å²) in [5.74, 6) is 1.16. The predicted molar refractivity (Wildman–Crippen MR) is 158 cm³/mol. The maximum absolute atomic E-state index is 12.4. The fourth-order valence-corrected chi connectivity index (χ4v) is 6.75. The first-order chi connectivity index (χ1) is 17.3. The Hall–Kier alpha value is -2.22. The summed E-state index contributed by atoms with van der Waals surface area (Å²) in [6.07, 6.45) is 9.41. The zero-order chi connectivity index (χ0) is 27.6. The van der Waals surface area contributed by atoms with Gasteiger partial charge in [0.05, 0.1) is 0 Å². The molecule has 0 atom stereocenters. The minimum absolute atomic E-state index is 0.438. The summed E-state index contributed by atoms with van der Waals surface area (Å²) in [7, 11) is 0. The molecule has 0 nitrogen and oxygen atoms in total. The van der Waals surface area contributed by atoms with Crippen LogP contribution < -0.4 is 0 Å². The summed E-state index contributed by atoms with van der Waals surface area (Å²) in [5.41, 5.74) is 18.3. The second-order valence-corrected chi connectivity index (χ2v) is 11.9. The molecule has 0 spiro atoms. The molecule has 1 saturated carbocycles. The van der Waals surface area contributed by atoms with Gasteiger partial charge in [0.25, 0.3) is 6.08 Å². The number of hydrogen-bond donors (Lipinski definition) is 0. The van der Waals surface area contributed by atoms with Crippen LogP contribution in [0.15, 0.2) is 12.2 Å². The Morgan fingerprint density at radius 2 is 1.11 bits per heavy atom. The van der Waals surface area contributed by atoms with E-state index in [4.69, 9.17) is 0 Å². The van der Waals surface area contributed by atoms with Crippen molar-refractivity contribution < 1.29 is 8.78 Å². The van der Waals surface area contributed by atoms with E-state index in [0.717, 1.165) is 31.3 Å². The van der Waals surface area contributed by atoms with Gasteiger partial charge in [0.1, 0.15) is 0 Å². The van der Waals surface area contributed by atoms with Crippen molar-refractivity contribution >= 4 is 11.6 Å². The summed E-state index contributed by atoms with van der Waals surface area (Å²) >= 11 is 0. The van der Waals surface area contributed by atoms with Crippen molar-refractivity contribution in [1.29, 1.82) is 0 Å². The first-order valence-electron chi connectivity index (χ1n) is 14.2. The molecule has 0 saturated heterocycles. The molecule has 37 heavy (non-hydrogen) atoms. The van der Waals surface area contributed by atoms with Crippen LogP contribution in [0, 0.1) is 74.1 Å². The molecule has 0 heterocycles. The zero-order valence-electron chi connectivity index (χ0n) is 25.0. The molecule has 2 heteroatoms. The Bertz CT molecular complexity index is 1150. The van der Waals surface area contributed by atoms with Crippen LogP contribution in [0.3, 0.4) is 0 Å². The van der Waals surface area contributed by atoms with Crippen LogP contribution in [0.5, 0.6) is 0 Å². The quantitative estimate of drug-likeness (QED) is 0.328. The van der Waals surface area contributed by atoms with Crippen LogP contribution in [-0.2, 0) is 6.42 Å². The topological polar surface area (TPSA) is 0 Å². The van der Waals surface area contributed by atoms with E-state index in [0.29, 0.717) is 12.3 Å². The Balaban J connectivity index is 1.83. The molecule has 1 fully saturated rings. The minimum Gasteiger partial charge on any atom is -0.174 e. The van der Waals surface area contributed by atoms with Gasteiger partial charge in [-0.15, -0.1) is 0 Å². The summed E-state index contributed by atoms with van der Waals surface area (Å²) in [4.78, 5) is 0. The van der Waals surface area contributed by atoms with E-state index in [-0.39, 0.29) is 0 Å². The van der Waals surface area contributed by atoms with Crippen LogP contribution >= 0.6 is 0 Å². The van der Waals surface area contributed by atoms with Gasteiger partial charge in [-0.3, -0.25) is 0 Å². The van der Waals surface area contributed by atoms with E-state index >= 15 is 0 Å². The standard InChI is InChI=1S/C35H48F2/c1-20(35-28(9)22(3)21(2)23(4)29(35)10)19-33-26(7)24(5)32(25(6)27(33)8)17-15-30-11-13-31(14-12-30)16-18-34(36)37/h18-19,30-31H,11-17H2,1-10H3/b20-19+. The lowest BCUT2D eigenvalue weighted by Crippen LogP contribution is -2.15. The van der Waals surface area contributed by atoms with Gasteiger partial charge in [-0.05, 0) is 192 Å². The SMILES string of the molecule is C/C(=C\c1c(C)c(C)c(CCC2CCC(CC=C(F)F)CC2)c(C)c1C)c1c(C)c(C)c(C)c(C)c1C. The predicted octanol–water partition coefficient (Wildman–Crippen LogP) is 10.9. The number of allylic oxidation sites excluding steroid dienone is 2. The van der Waals surface area contributed by atoms with Gasteiger partial charge in [0.2, 0.25) is 0 Å². The normalized spacial score (nSPS) is 18.3. The lowest BCUT2D eigenvalue weighted by molar-refractivity contribution is 0.262. The Morgan fingerprint density at radius 1 is 0.649 bits per heavy atom. The number of halogens is 2. The number of benzene rings is 2. The first kappa shape index (κ1) is 29.3. The molecule has 0 aromatic heterocycles. The molecule has 3 rings (SSSR count). The lowest BCUT2D eigenvalue weighted by Gasteiger charge is -2.28. The molecule has 1 aliphatic rings. The smallest absolute Gasteiger partial charge is 0.174 e. The Kier molecular flexibility index (Phi) is 9.59. The van der Waals surface area contributed by atoms with Gasteiger partial charge in [-0.2, -0.15) is 8.78 Å². The van der Waals surface area contributed by atoms with E-state index in [2.05, 4.69) is 75.3 Å². The summed E-state index contributed by atoms with van der Waals surface area (Å²) in [6.45, 7) is 22.7.